The quantitative estimate of drug-likeness (QED) is 0.889. The number of aromatic nitrogens is 2. The van der Waals surface area contributed by atoms with Crippen molar-refractivity contribution in [3.8, 4) is 0 Å². The van der Waals surface area contributed by atoms with E-state index in [1.54, 1.807) is 6.20 Å². The van der Waals surface area contributed by atoms with Gasteiger partial charge in [0.15, 0.2) is 0 Å². The molecule has 1 unspecified atom stereocenters. The van der Waals surface area contributed by atoms with Crippen LogP contribution in [0.2, 0.25) is 0 Å². The van der Waals surface area contributed by atoms with E-state index in [1.807, 2.05) is 16.8 Å². The molecule has 2 heterocycles. The molecule has 1 aromatic heterocycles. The van der Waals surface area contributed by atoms with E-state index in [2.05, 4.69) is 27.9 Å². The number of nitrogens with zero attached hydrogens (tertiary/aromatic N) is 2. The van der Waals surface area contributed by atoms with Crippen molar-refractivity contribution in [2.75, 3.05) is 17.2 Å². The van der Waals surface area contributed by atoms with Crippen LogP contribution in [0, 0.1) is 0 Å². The summed E-state index contributed by atoms with van der Waals surface area (Å²) in [7, 11) is 0. The van der Waals surface area contributed by atoms with Gasteiger partial charge >= 0.3 is 0 Å². The van der Waals surface area contributed by atoms with Crippen LogP contribution in [0.1, 0.15) is 29.9 Å². The molecule has 0 bridgehead atoms. The van der Waals surface area contributed by atoms with Gasteiger partial charge in [-0.1, -0.05) is 24.3 Å². The van der Waals surface area contributed by atoms with Crippen molar-refractivity contribution < 1.29 is 4.79 Å². The molecule has 108 valence electrons. The Morgan fingerprint density at radius 2 is 2.29 bits per heavy atom. The summed E-state index contributed by atoms with van der Waals surface area (Å²) in [6.45, 7) is 1.84. The Hall–Kier alpha value is -2.30. The first-order valence-electron chi connectivity index (χ1n) is 7.51. The highest BCUT2D eigenvalue weighted by Crippen LogP contribution is 2.34. The fourth-order valence-corrected chi connectivity index (χ4v) is 3.32. The average molecular weight is 282 g/mol. The second kappa shape index (κ2) is 4.91. The summed E-state index contributed by atoms with van der Waals surface area (Å²) in [6, 6.07) is 8.23. The van der Waals surface area contributed by atoms with Crippen molar-refractivity contribution in [2.24, 2.45) is 0 Å². The van der Waals surface area contributed by atoms with Crippen LogP contribution in [0.4, 0.5) is 11.5 Å². The maximum Gasteiger partial charge on any atom is 0.232 e. The molecule has 1 atom stereocenters. The van der Waals surface area contributed by atoms with Gasteiger partial charge in [0.25, 0.3) is 0 Å². The van der Waals surface area contributed by atoms with Gasteiger partial charge in [-0.2, -0.15) is 5.10 Å². The van der Waals surface area contributed by atoms with Gasteiger partial charge in [-0.05, 0) is 30.4 Å². The molecule has 0 saturated carbocycles. The van der Waals surface area contributed by atoms with Gasteiger partial charge in [-0.3, -0.25) is 4.79 Å². The maximum atomic E-state index is 12.6. The van der Waals surface area contributed by atoms with Gasteiger partial charge in [-0.15, -0.1) is 0 Å². The third-order valence-corrected chi connectivity index (χ3v) is 4.39. The highest BCUT2D eigenvalue weighted by atomic mass is 16.1. The standard InChI is InChI=1S/C16H18N4O/c21-16(13-7-6-11-4-1-2-5-12(11)13)19-14-10-18-20-9-3-8-17-15(14)20/h1-2,4-5,10,13,17H,3,6-9H2,(H,19,21). The minimum atomic E-state index is -0.0414. The zero-order chi connectivity index (χ0) is 14.2. The van der Waals surface area contributed by atoms with E-state index in [-0.39, 0.29) is 11.8 Å². The molecule has 1 aliphatic heterocycles. The van der Waals surface area contributed by atoms with E-state index in [4.69, 9.17) is 0 Å². The number of carbonyl (C=O) groups is 1. The van der Waals surface area contributed by atoms with E-state index in [9.17, 15) is 4.79 Å². The van der Waals surface area contributed by atoms with Gasteiger partial charge in [0.05, 0.1) is 12.1 Å². The predicted molar refractivity (Wildman–Crippen MR) is 81.5 cm³/mol. The van der Waals surface area contributed by atoms with Gasteiger partial charge in [0.1, 0.15) is 11.5 Å². The fraction of sp³-hybridized carbons (Fsp3) is 0.375. The maximum absolute atomic E-state index is 12.6. The molecular weight excluding hydrogens is 264 g/mol. The topological polar surface area (TPSA) is 59.0 Å². The van der Waals surface area contributed by atoms with Crippen LogP contribution in [-0.2, 0) is 17.8 Å². The summed E-state index contributed by atoms with van der Waals surface area (Å²) in [6.07, 6.45) is 4.69. The van der Waals surface area contributed by atoms with Crippen LogP contribution in [0.5, 0.6) is 0 Å². The molecule has 0 radical (unpaired) electrons. The van der Waals surface area contributed by atoms with Crippen LogP contribution in [-0.4, -0.2) is 22.2 Å². The van der Waals surface area contributed by atoms with Crippen LogP contribution in [0.3, 0.4) is 0 Å². The average Bonchev–Trinajstić information content (AvgIpc) is 3.12. The number of amides is 1. The molecule has 1 aromatic carbocycles. The second-order valence-corrected chi connectivity index (χ2v) is 5.69. The van der Waals surface area contributed by atoms with Gasteiger partial charge in [-0.25, -0.2) is 4.68 Å². The summed E-state index contributed by atoms with van der Waals surface area (Å²) in [5.74, 6) is 0.962. The molecule has 2 aliphatic rings. The molecular formula is C16H18N4O. The third-order valence-electron chi connectivity index (χ3n) is 4.39. The van der Waals surface area contributed by atoms with E-state index in [1.165, 1.54) is 11.1 Å². The van der Waals surface area contributed by atoms with E-state index in [0.29, 0.717) is 0 Å². The highest BCUT2D eigenvalue weighted by Gasteiger charge is 2.29. The summed E-state index contributed by atoms with van der Waals surface area (Å²) in [5.41, 5.74) is 3.26. The molecule has 1 amide bonds. The molecule has 0 fully saturated rings. The number of nitrogens with one attached hydrogen (secondary N) is 2. The van der Waals surface area contributed by atoms with Crippen molar-refractivity contribution in [3.05, 3.63) is 41.6 Å². The Bertz CT molecular complexity index is 691. The van der Waals surface area contributed by atoms with E-state index in [0.717, 1.165) is 43.9 Å². The third kappa shape index (κ3) is 2.09. The first kappa shape index (κ1) is 12.4. The van der Waals surface area contributed by atoms with E-state index < -0.39 is 0 Å². The molecule has 0 spiro atoms. The molecule has 1 aliphatic carbocycles. The number of anilines is 2. The van der Waals surface area contributed by atoms with Crippen molar-refractivity contribution in [3.63, 3.8) is 0 Å². The molecule has 0 saturated heterocycles. The highest BCUT2D eigenvalue weighted by molar-refractivity contribution is 5.98. The number of hydrogen-bond donors (Lipinski definition) is 2. The lowest BCUT2D eigenvalue weighted by Gasteiger charge is -2.18. The zero-order valence-corrected chi connectivity index (χ0v) is 11.8. The van der Waals surface area contributed by atoms with Crippen LogP contribution < -0.4 is 10.6 Å². The SMILES string of the molecule is O=C(Nc1cnn2c1NCCC2)C1CCc2ccccc21. The zero-order valence-electron chi connectivity index (χ0n) is 11.8. The molecule has 2 N–H and O–H groups in total. The summed E-state index contributed by atoms with van der Waals surface area (Å²) >= 11 is 0. The van der Waals surface area contributed by atoms with E-state index >= 15 is 0 Å². The van der Waals surface area contributed by atoms with Crippen molar-refractivity contribution in [1.29, 1.82) is 0 Å². The number of carbonyl (C=O) groups excluding carboxylic acids is 1. The molecule has 5 nitrogen and oxygen atoms in total. The van der Waals surface area contributed by atoms with Gasteiger partial charge in [0.2, 0.25) is 5.91 Å². The predicted octanol–water partition coefficient (Wildman–Crippen LogP) is 2.37. The summed E-state index contributed by atoms with van der Waals surface area (Å²) < 4.78 is 1.92. The molecule has 4 rings (SSSR count). The minimum absolute atomic E-state index is 0.0414. The Morgan fingerprint density at radius 1 is 1.38 bits per heavy atom. The van der Waals surface area contributed by atoms with Crippen molar-refractivity contribution in [1.82, 2.24) is 9.78 Å². The lowest BCUT2D eigenvalue weighted by atomic mass is 10.0. The minimum Gasteiger partial charge on any atom is -0.368 e. The second-order valence-electron chi connectivity index (χ2n) is 5.69. The van der Waals surface area contributed by atoms with Crippen LogP contribution in [0.25, 0.3) is 0 Å². The molecule has 21 heavy (non-hydrogen) atoms. The Balaban J connectivity index is 1.56. The number of benzene rings is 1. The van der Waals surface area contributed by atoms with Crippen molar-refractivity contribution >= 4 is 17.4 Å². The van der Waals surface area contributed by atoms with Gasteiger partial charge < -0.3 is 10.6 Å². The summed E-state index contributed by atoms with van der Waals surface area (Å²) in [5, 5.41) is 10.7. The van der Waals surface area contributed by atoms with Crippen LogP contribution >= 0.6 is 0 Å². The summed E-state index contributed by atoms with van der Waals surface area (Å²) in [4.78, 5) is 12.6. The normalized spacial score (nSPS) is 19.5. The smallest absolute Gasteiger partial charge is 0.232 e. The Kier molecular flexibility index (Phi) is 2.91. The number of fused-ring (bicyclic) bond motifs is 2. The molecule has 5 heteroatoms. The lowest BCUT2D eigenvalue weighted by Crippen LogP contribution is -2.22. The van der Waals surface area contributed by atoms with Gasteiger partial charge in [0, 0.05) is 13.1 Å². The van der Waals surface area contributed by atoms with Crippen molar-refractivity contribution in [2.45, 2.75) is 31.7 Å². The van der Waals surface area contributed by atoms with Crippen LogP contribution in [0.15, 0.2) is 30.5 Å². The lowest BCUT2D eigenvalue weighted by molar-refractivity contribution is -0.117. The Morgan fingerprint density at radius 3 is 3.24 bits per heavy atom. The number of aryl methyl sites for hydroxylation is 2. The number of hydrogen-bond acceptors (Lipinski definition) is 3. The fourth-order valence-electron chi connectivity index (χ4n) is 3.32. The largest absolute Gasteiger partial charge is 0.368 e. The first-order chi connectivity index (χ1) is 10.3. The first-order valence-corrected chi connectivity index (χ1v) is 7.51. The molecule has 2 aromatic rings. The number of rotatable bonds is 2. The Labute approximate surface area is 123 Å². The monoisotopic (exact) mass is 282 g/mol.